The van der Waals surface area contributed by atoms with Gasteiger partial charge in [-0.3, -0.25) is 0 Å². The molecule has 0 aliphatic heterocycles. The Hall–Kier alpha value is -0.620. The molecule has 0 amide bonds. The Kier molecular flexibility index (Phi) is 5.43. The molecule has 0 heterocycles. The molecule has 20 heavy (non-hydrogen) atoms. The number of rotatable bonds is 5. The number of nitrogens with one attached hydrogen (secondary N) is 1. The molecule has 2 N–H and O–H groups in total. The topological polar surface area (TPSA) is 66.4 Å². The van der Waals surface area contributed by atoms with Gasteiger partial charge in [-0.05, 0) is 30.9 Å². The van der Waals surface area contributed by atoms with Crippen LogP contribution < -0.4 is 4.72 Å². The average molecular weight is 318 g/mol. The predicted molar refractivity (Wildman–Crippen MR) is 79.2 cm³/mol. The van der Waals surface area contributed by atoms with E-state index in [1.54, 1.807) is 12.1 Å². The number of aliphatic hydroxyl groups excluding tert-OH is 1. The Morgan fingerprint density at radius 2 is 1.90 bits per heavy atom. The molecule has 0 spiro atoms. The third kappa shape index (κ3) is 3.95. The molecule has 1 fully saturated rings. The van der Waals surface area contributed by atoms with Crippen molar-refractivity contribution >= 4 is 21.6 Å². The van der Waals surface area contributed by atoms with Crippen LogP contribution in [0.15, 0.2) is 29.2 Å². The molecule has 0 bridgehead atoms. The van der Waals surface area contributed by atoms with E-state index in [-0.39, 0.29) is 22.4 Å². The third-order valence-corrected chi connectivity index (χ3v) is 5.73. The van der Waals surface area contributed by atoms with Crippen LogP contribution >= 0.6 is 11.6 Å². The second kappa shape index (κ2) is 6.89. The maximum atomic E-state index is 12.1. The Morgan fingerprint density at radius 1 is 1.25 bits per heavy atom. The minimum atomic E-state index is -3.67. The Labute approximate surface area is 125 Å². The van der Waals surface area contributed by atoms with E-state index < -0.39 is 16.1 Å². The summed E-state index contributed by atoms with van der Waals surface area (Å²) in [6, 6.07) is 6.29. The number of hydrogen-bond acceptors (Lipinski definition) is 3. The molecule has 0 radical (unpaired) electrons. The molecule has 112 valence electrons. The van der Waals surface area contributed by atoms with Crippen LogP contribution in [0.25, 0.3) is 0 Å². The van der Waals surface area contributed by atoms with Crippen LogP contribution in [0.4, 0.5) is 0 Å². The molecular weight excluding hydrogens is 298 g/mol. The number of benzene rings is 1. The van der Waals surface area contributed by atoms with Crippen LogP contribution in [0.2, 0.25) is 5.02 Å². The molecule has 4 nitrogen and oxygen atoms in total. The Balaban J connectivity index is 1.97. The van der Waals surface area contributed by atoms with Crippen LogP contribution in [0.3, 0.4) is 0 Å². The molecule has 1 aromatic rings. The van der Waals surface area contributed by atoms with Gasteiger partial charge in [0.05, 0.1) is 11.1 Å². The Morgan fingerprint density at radius 3 is 2.55 bits per heavy atom. The van der Waals surface area contributed by atoms with Crippen LogP contribution in [-0.2, 0) is 10.0 Å². The van der Waals surface area contributed by atoms with E-state index >= 15 is 0 Å². The van der Waals surface area contributed by atoms with Crippen molar-refractivity contribution in [2.75, 3.05) is 6.54 Å². The highest BCUT2D eigenvalue weighted by atomic mass is 35.5. The van der Waals surface area contributed by atoms with E-state index in [0.29, 0.717) is 0 Å². The van der Waals surface area contributed by atoms with Crippen molar-refractivity contribution in [2.45, 2.75) is 43.1 Å². The second-order valence-corrected chi connectivity index (χ2v) is 7.39. The Bertz CT molecular complexity index is 541. The fourth-order valence-electron chi connectivity index (χ4n) is 2.62. The quantitative estimate of drug-likeness (QED) is 0.877. The summed E-state index contributed by atoms with van der Waals surface area (Å²) in [4.78, 5) is 0.0533. The zero-order chi connectivity index (χ0) is 14.6. The highest BCUT2D eigenvalue weighted by Crippen LogP contribution is 2.26. The van der Waals surface area contributed by atoms with Gasteiger partial charge in [0.1, 0.15) is 4.90 Å². The molecule has 1 atom stereocenters. The van der Waals surface area contributed by atoms with Gasteiger partial charge in [0, 0.05) is 6.54 Å². The summed E-state index contributed by atoms with van der Waals surface area (Å²) < 4.78 is 26.7. The molecule has 1 saturated carbocycles. The molecule has 1 aliphatic carbocycles. The van der Waals surface area contributed by atoms with Crippen molar-refractivity contribution in [2.24, 2.45) is 5.92 Å². The summed E-state index contributed by atoms with van der Waals surface area (Å²) >= 11 is 5.89. The van der Waals surface area contributed by atoms with Crippen LogP contribution in [-0.4, -0.2) is 26.2 Å². The van der Waals surface area contributed by atoms with Crippen LogP contribution in [0, 0.1) is 5.92 Å². The van der Waals surface area contributed by atoms with Crippen molar-refractivity contribution in [1.82, 2.24) is 4.72 Å². The first-order valence-corrected chi connectivity index (χ1v) is 8.79. The van der Waals surface area contributed by atoms with E-state index in [2.05, 4.69) is 4.72 Å². The fraction of sp³-hybridized carbons (Fsp3) is 0.571. The lowest BCUT2D eigenvalue weighted by atomic mass is 9.85. The average Bonchev–Trinajstić information content (AvgIpc) is 2.46. The monoisotopic (exact) mass is 317 g/mol. The summed E-state index contributed by atoms with van der Waals surface area (Å²) in [5, 5.41) is 10.3. The lowest BCUT2D eigenvalue weighted by molar-refractivity contribution is 0.0888. The minimum Gasteiger partial charge on any atom is -0.391 e. The van der Waals surface area contributed by atoms with Crippen molar-refractivity contribution < 1.29 is 13.5 Å². The SMILES string of the molecule is O=S(=O)(NC[C@@H](O)C1CCCCC1)c1ccccc1Cl. The van der Waals surface area contributed by atoms with Gasteiger partial charge in [0.15, 0.2) is 0 Å². The van der Waals surface area contributed by atoms with Gasteiger partial charge in [-0.2, -0.15) is 0 Å². The summed E-state index contributed by atoms with van der Waals surface area (Å²) in [6.45, 7) is 0.0399. The van der Waals surface area contributed by atoms with E-state index in [0.717, 1.165) is 25.7 Å². The molecule has 0 saturated heterocycles. The first kappa shape index (κ1) is 15.8. The largest absolute Gasteiger partial charge is 0.391 e. The summed E-state index contributed by atoms with van der Waals surface area (Å²) in [5.74, 6) is 0.192. The number of aliphatic hydroxyl groups is 1. The summed E-state index contributed by atoms with van der Waals surface area (Å²) in [5.41, 5.74) is 0. The normalized spacial score (nSPS) is 18.9. The summed E-state index contributed by atoms with van der Waals surface area (Å²) in [6.07, 6.45) is 4.73. The second-order valence-electron chi connectivity index (χ2n) is 5.25. The van der Waals surface area contributed by atoms with Crippen LogP contribution in [0.5, 0.6) is 0 Å². The lowest BCUT2D eigenvalue weighted by Gasteiger charge is -2.26. The number of sulfonamides is 1. The lowest BCUT2D eigenvalue weighted by Crippen LogP contribution is -2.37. The maximum absolute atomic E-state index is 12.1. The van der Waals surface area contributed by atoms with Crippen molar-refractivity contribution in [3.63, 3.8) is 0 Å². The van der Waals surface area contributed by atoms with Gasteiger partial charge in [0.2, 0.25) is 10.0 Å². The van der Waals surface area contributed by atoms with Crippen molar-refractivity contribution in [3.05, 3.63) is 29.3 Å². The number of halogens is 1. The highest BCUT2D eigenvalue weighted by Gasteiger charge is 2.24. The van der Waals surface area contributed by atoms with Crippen molar-refractivity contribution in [3.8, 4) is 0 Å². The third-order valence-electron chi connectivity index (χ3n) is 3.80. The first-order chi connectivity index (χ1) is 9.50. The zero-order valence-corrected chi connectivity index (χ0v) is 12.8. The van der Waals surface area contributed by atoms with Gasteiger partial charge < -0.3 is 5.11 Å². The zero-order valence-electron chi connectivity index (χ0n) is 11.3. The van der Waals surface area contributed by atoms with Gasteiger partial charge in [-0.25, -0.2) is 13.1 Å². The molecule has 2 rings (SSSR count). The van der Waals surface area contributed by atoms with Crippen LogP contribution in [0.1, 0.15) is 32.1 Å². The fourth-order valence-corrected chi connectivity index (χ4v) is 4.19. The van der Waals surface area contributed by atoms with Gasteiger partial charge in [0.25, 0.3) is 0 Å². The molecule has 0 unspecified atom stereocenters. The molecular formula is C14H20ClNO3S. The van der Waals surface area contributed by atoms with Gasteiger partial charge in [-0.15, -0.1) is 0 Å². The van der Waals surface area contributed by atoms with E-state index in [1.807, 2.05) is 0 Å². The standard InChI is InChI=1S/C14H20ClNO3S/c15-12-8-4-5-9-14(12)20(18,19)16-10-13(17)11-6-2-1-3-7-11/h4-5,8-9,11,13,16-17H,1-3,6-7,10H2/t13-/m1/s1. The van der Waals surface area contributed by atoms with E-state index in [9.17, 15) is 13.5 Å². The smallest absolute Gasteiger partial charge is 0.242 e. The molecule has 1 aliphatic rings. The molecule has 6 heteroatoms. The van der Waals surface area contributed by atoms with Crippen molar-refractivity contribution in [1.29, 1.82) is 0 Å². The van der Waals surface area contributed by atoms with Gasteiger partial charge >= 0.3 is 0 Å². The highest BCUT2D eigenvalue weighted by molar-refractivity contribution is 7.89. The minimum absolute atomic E-state index is 0.0399. The first-order valence-electron chi connectivity index (χ1n) is 6.93. The predicted octanol–water partition coefficient (Wildman–Crippen LogP) is 2.56. The maximum Gasteiger partial charge on any atom is 0.242 e. The van der Waals surface area contributed by atoms with E-state index in [1.165, 1.54) is 18.6 Å². The summed E-state index contributed by atoms with van der Waals surface area (Å²) in [7, 11) is -3.67. The van der Waals surface area contributed by atoms with E-state index in [4.69, 9.17) is 11.6 Å². The molecule has 1 aromatic carbocycles. The van der Waals surface area contributed by atoms with Gasteiger partial charge in [-0.1, -0.05) is 43.0 Å². The molecule has 0 aromatic heterocycles. The number of hydrogen-bond donors (Lipinski definition) is 2.